The van der Waals surface area contributed by atoms with Crippen molar-refractivity contribution >= 4 is 11.6 Å². The third-order valence-electron chi connectivity index (χ3n) is 6.98. The topological polar surface area (TPSA) is 117 Å². The van der Waals surface area contributed by atoms with Crippen molar-refractivity contribution in [2.75, 3.05) is 44.8 Å². The highest BCUT2D eigenvalue weighted by molar-refractivity contribution is 5.73. The first kappa shape index (κ1) is 25.3. The maximum absolute atomic E-state index is 6.49. The van der Waals surface area contributed by atoms with Gasteiger partial charge in [-0.15, -0.1) is 0 Å². The molecule has 0 radical (unpaired) electrons. The van der Waals surface area contributed by atoms with Gasteiger partial charge in [-0.2, -0.15) is 10.2 Å². The highest BCUT2D eigenvalue weighted by Crippen LogP contribution is 2.35. The Morgan fingerprint density at radius 2 is 1.90 bits per heavy atom. The summed E-state index contributed by atoms with van der Waals surface area (Å²) in [5.41, 5.74) is 3.56. The van der Waals surface area contributed by atoms with Crippen LogP contribution in [0, 0.1) is 6.92 Å². The van der Waals surface area contributed by atoms with Crippen molar-refractivity contribution in [3.63, 3.8) is 0 Å². The van der Waals surface area contributed by atoms with Crippen LogP contribution in [0.5, 0.6) is 11.6 Å². The van der Waals surface area contributed by atoms with Crippen LogP contribution in [0.3, 0.4) is 0 Å². The summed E-state index contributed by atoms with van der Waals surface area (Å²) in [5, 5.41) is 12.4. The van der Waals surface area contributed by atoms with Crippen LogP contribution >= 0.6 is 0 Å². The summed E-state index contributed by atoms with van der Waals surface area (Å²) in [7, 11) is 1.84. The molecule has 204 valence electrons. The average Bonchev–Trinajstić information content (AvgIpc) is 3.49. The number of rotatable bonds is 4. The van der Waals surface area contributed by atoms with Gasteiger partial charge in [0.1, 0.15) is 22.9 Å². The highest BCUT2D eigenvalue weighted by atomic mass is 16.5. The standard InChI is InChI=1S/C27H33N9O3/c1-18-5-11-38-27-21(16-30-34(27)3)26-28-6-4-24(32-26)31-25-14-23(39-18)20(15-29-25)22-17-36(33-19(22)2)8-7-35-9-12-37-13-10-35/h4,6,14-18H,5,7-13H2,1-3H3,(H,28,29,31,32)/t18-/m0/s1. The third kappa shape index (κ3) is 5.57. The van der Waals surface area contributed by atoms with Gasteiger partial charge < -0.3 is 19.5 Å². The van der Waals surface area contributed by atoms with Crippen LogP contribution in [0.4, 0.5) is 11.6 Å². The first-order valence-electron chi connectivity index (χ1n) is 13.3. The first-order valence-corrected chi connectivity index (χ1v) is 13.3. The van der Waals surface area contributed by atoms with Crippen molar-refractivity contribution in [2.24, 2.45) is 7.05 Å². The zero-order chi connectivity index (χ0) is 26.8. The van der Waals surface area contributed by atoms with Crippen molar-refractivity contribution in [3.8, 4) is 34.1 Å². The summed E-state index contributed by atoms with van der Waals surface area (Å²) in [5.74, 6) is 3.11. The van der Waals surface area contributed by atoms with Crippen LogP contribution in [0.15, 0.2) is 36.9 Å². The molecule has 1 fully saturated rings. The number of nitrogens with one attached hydrogen (secondary N) is 1. The number of hydrogen-bond donors (Lipinski definition) is 1. The molecule has 1 N–H and O–H groups in total. The lowest BCUT2D eigenvalue weighted by Gasteiger charge is -2.26. The van der Waals surface area contributed by atoms with Gasteiger partial charge in [0.25, 0.3) is 0 Å². The monoisotopic (exact) mass is 531 g/mol. The van der Waals surface area contributed by atoms with E-state index in [2.05, 4.69) is 31.5 Å². The number of fused-ring (bicyclic) bond motifs is 6. The second-order valence-electron chi connectivity index (χ2n) is 9.85. The van der Waals surface area contributed by atoms with Crippen LogP contribution < -0.4 is 14.8 Å². The Morgan fingerprint density at radius 1 is 1.03 bits per heavy atom. The van der Waals surface area contributed by atoms with Crippen molar-refractivity contribution in [1.29, 1.82) is 0 Å². The SMILES string of the molecule is Cc1nn(CCN2CCOCC2)cc1-c1cnc2cc1O[C@@H](C)CCOc1c(cnn1C)-c1nccc(n1)N2. The molecular formula is C27H33N9O3. The summed E-state index contributed by atoms with van der Waals surface area (Å²) in [4.78, 5) is 16.2. The predicted molar refractivity (Wildman–Crippen MR) is 145 cm³/mol. The molecule has 2 aliphatic heterocycles. The highest BCUT2D eigenvalue weighted by Gasteiger charge is 2.20. The van der Waals surface area contributed by atoms with Gasteiger partial charge in [0.05, 0.1) is 44.4 Å². The van der Waals surface area contributed by atoms with E-state index in [9.17, 15) is 0 Å². The quantitative estimate of drug-likeness (QED) is 0.421. The van der Waals surface area contributed by atoms with Gasteiger partial charge >= 0.3 is 0 Å². The Hall–Kier alpha value is -4.03. The first-order chi connectivity index (χ1) is 19.0. The Morgan fingerprint density at radius 3 is 2.77 bits per heavy atom. The molecule has 0 aliphatic carbocycles. The van der Waals surface area contributed by atoms with Crippen LogP contribution in [-0.2, 0) is 18.3 Å². The fraction of sp³-hybridized carbons (Fsp3) is 0.444. The maximum Gasteiger partial charge on any atom is 0.222 e. The Kier molecular flexibility index (Phi) is 7.12. The number of aryl methyl sites for hydroxylation is 2. The molecule has 2 aliphatic rings. The van der Waals surface area contributed by atoms with Crippen molar-refractivity contribution in [2.45, 2.75) is 32.9 Å². The summed E-state index contributed by atoms with van der Waals surface area (Å²) in [6, 6.07) is 3.72. The van der Waals surface area contributed by atoms with E-state index >= 15 is 0 Å². The van der Waals surface area contributed by atoms with E-state index in [0.29, 0.717) is 36.4 Å². The molecule has 12 heteroatoms. The van der Waals surface area contributed by atoms with E-state index in [-0.39, 0.29) is 6.10 Å². The summed E-state index contributed by atoms with van der Waals surface area (Å²) < 4.78 is 21.8. The summed E-state index contributed by atoms with van der Waals surface area (Å²) in [6.07, 6.45) is 7.91. The van der Waals surface area contributed by atoms with Crippen LogP contribution in [-0.4, -0.2) is 85.0 Å². The molecule has 4 aromatic heterocycles. The Balaban J connectivity index is 1.30. The molecular weight excluding hydrogens is 498 g/mol. The molecule has 0 unspecified atom stereocenters. The zero-order valence-electron chi connectivity index (χ0n) is 22.5. The molecule has 0 aromatic carbocycles. The average molecular weight is 532 g/mol. The lowest BCUT2D eigenvalue weighted by Crippen LogP contribution is -2.38. The van der Waals surface area contributed by atoms with E-state index in [4.69, 9.17) is 24.3 Å². The maximum atomic E-state index is 6.49. The third-order valence-corrected chi connectivity index (χ3v) is 6.98. The molecule has 6 rings (SSSR count). The number of morpholine rings is 1. The number of ether oxygens (including phenoxy) is 3. The second kappa shape index (κ2) is 11.0. The largest absolute Gasteiger partial charge is 0.490 e. The number of nitrogens with zero attached hydrogens (tertiary/aromatic N) is 8. The Bertz CT molecular complexity index is 1440. The normalized spacial score (nSPS) is 17.9. The van der Waals surface area contributed by atoms with E-state index in [1.54, 1.807) is 23.1 Å². The van der Waals surface area contributed by atoms with Gasteiger partial charge in [-0.25, -0.2) is 19.6 Å². The van der Waals surface area contributed by atoms with Gasteiger partial charge in [0, 0.05) is 68.9 Å². The minimum Gasteiger partial charge on any atom is -0.490 e. The minimum absolute atomic E-state index is 0.107. The summed E-state index contributed by atoms with van der Waals surface area (Å²) in [6.45, 7) is 9.76. The van der Waals surface area contributed by atoms with E-state index in [0.717, 1.165) is 67.5 Å². The zero-order valence-corrected chi connectivity index (χ0v) is 22.5. The van der Waals surface area contributed by atoms with Crippen molar-refractivity contribution < 1.29 is 14.2 Å². The van der Waals surface area contributed by atoms with Gasteiger partial charge in [-0.05, 0) is 19.9 Å². The fourth-order valence-electron chi connectivity index (χ4n) is 4.81. The summed E-state index contributed by atoms with van der Waals surface area (Å²) >= 11 is 0. The molecule has 4 bridgehead atoms. The molecule has 1 saturated heterocycles. The van der Waals surface area contributed by atoms with E-state index < -0.39 is 0 Å². The second-order valence-corrected chi connectivity index (χ2v) is 9.85. The number of pyridine rings is 1. The van der Waals surface area contributed by atoms with E-state index in [1.807, 2.05) is 37.8 Å². The van der Waals surface area contributed by atoms with Crippen LogP contribution in [0.1, 0.15) is 19.0 Å². The van der Waals surface area contributed by atoms with Gasteiger partial charge in [0.15, 0.2) is 5.82 Å². The fourth-order valence-corrected chi connectivity index (χ4v) is 4.81. The van der Waals surface area contributed by atoms with Crippen LogP contribution in [0.25, 0.3) is 22.5 Å². The van der Waals surface area contributed by atoms with Crippen LogP contribution in [0.2, 0.25) is 0 Å². The predicted octanol–water partition coefficient (Wildman–Crippen LogP) is 3.07. The molecule has 1 atom stereocenters. The van der Waals surface area contributed by atoms with E-state index in [1.165, 1.54) is 0 Å². The number of hydrogen-bond acceptors (Lipinski definition) is 10. The lowest BCUT2D eigenvalue weighted by atomic mass is 10.1. The molecule has 39 heavy (non-hydrogen) atoms. The van der Waals surface area contributed by atoms with Crippen molar-refractivity contribution in [1.82, 2.24) is 39.4 Å². The molecule has 0 amide bonds. The molecule has 0 saturated carbocycles. The number of anilines is 2. The Labute approximate surface area is 226 Å². The van der Waals surface area contributed by atoms with Gasteiger partial charge in [0.2, 0.25) is 5.88 Å². The molecule has 4 aromatic rings. The smallest absolute Gasteiger partial charge is 0.222 e. The molecule has 6 heterocycles. The van der Waals surface area contributed by atoms with Gasteiger partial charge in [-0.1, -0.05) is 0 Å². The number of aromatic nitrogens is 7. The minimum atomic E-state index is -0.107. The lowest BCUT2D eigenvalue weighted by molar-refractivity contribution is 0.0359. The molecule has 12 nitrogen and oxygen atoms in total. The van der Waals surface area contributed by atoms with Crippen molar-refractivity contribution in [3.05, 3.63) is 42.6 Å². The van der Waals surface area contributed by atoms with Gasteiger partial charge in [-0.3, -0.25) is 9.58 Å². The molecule has 0 spiro atoms.